The first-order chi connectivity index (χ1) is 10.7. The smallest absolute Gasteiger partial charge is 0.239 e. The van der Waals surface area contributed by atoms with Crippen LogP contribution in [0.5, 0.6) is 5.75 Å². The third-order valence-electron chi connectivity index (χ3n) is 3.17. The summed E-state index contributed by atoms with van der Waals surface area (Å²) in [6.45, 7) is 0.825. The molecule has 0 heterocycles. The van der Waals surface area contributed by atoms with Gasteiger partial charge in [-0.1, -0.05) is 23.7 Å². The van der Waals surface area contributed by atoms with E-state index in [1.807, 2.05) is 48.5 Å². The Morgan fingerprint density at radius 2 is 1.95 bits per heavy atom. The molecule has 0 aliphatic carbocycles. The first-order valence-corrected chi connectivity index (χ1v) is 7.44. The van der Waals surface area contributed by atoms with E-state index in [4.69, 9.17) is 16.3 Å². The average Bonchev–Trinajstić information content (AvgIpc) is 2.53. The van der Waals surface area contributed by atoms with E-state index in [-0.39, 0.29) is 12.5 Å². The molecule has 4 nitrogen and oxygen atoms in total. The maximum Gasteiger partial charge on any atom is 0.239 e. The van der Waals surface area contributed by atoms with E-state index < -0.39 is 0 Å². The highest BCUT2D eigenvalue weighted by molar-refractivity contribution is 6.30. The first kappa shape index (κ1) is 16.2. The summed E-state index contributed by atoms with van der Waals surface area (Å²) in [5.74, 6) is 0.745. The summed E-state index contributed by atoms with van der Waals surface area (Å²) in [6.07, 6.45) is 0.759. The Labute approximate surface area is 135 Å². The Hall–Kier alpha value is -2.20. The fourth-order valence-electron chi connectivity index (χ4n) is 1.99. The number of hydrogen-bond acceptors (Lipinski definition) is 3. The molecule has 22 heavy (non-hydrogen) atoms. The summed E-state index contributed by atoms with van der Waals surface area (Å²) < 4.78 is 5.08. The molecule has 2 rings (SSSR count). The van der Waals surface area contributed by atoms with Crippen molar-refractivity contribution < 1.29 is 9.53 Å². The molecule has 0 saturated heterocycles. The van der Waals surface area contributed by atoms with Crippen molar-refractivity contribution in [3.05, 3.63) is 59.1 Å². The quantitative estimate of drug-likeness (QED) is 0.824. The topological polar surface area (TPSA) is 50.4 Å². The molecule has 116 valence electrons. The zero-order valence-corrected chi connectivity index (χ0v) is 13.2. The van der Waals surface area contributed by atoms with Crippen LogP contribution >= 0.6 is 11.6 Å². The summed E-state index contributed by atoms with van der Waals surface area (Å²) in [7, 11) is 1.62. The van der Waals surface area contributed by atoms with E-state index >= 15 is 0 Å². The minimum absolute atomic E-state index is 0.0437. The van der Waals surface area contributed by atoms with Crippen LogP contribution < -0.4 is 15.4 Å². The molecule has 0 spiro atoms. The molecule has 0 aliphatic rings. The first-order valence-electron chi connectivity index (χ1n) is 7.06. The molecular formula is C17H19ClN2O2. The third-order valence-corrected chi connectivity index (χ3v) is 3.40. The van der Waals surface area contributed by atoms with Gasteiger partial charge in [0.25, 0.3) is 0 Å². The highest BCUT2D eigenvalue weighted by Crippen LogP contribution is 2.14. The molecule has 0 fully saturated rings. The number of anilines is 1. The fourth-order valence-corrected chi connectivity index (χ4v) is 2.21. The molecule has 2 aromatic rings. The van der Waals surface area contributed by atoms with Crippen LogP contribution in [0.1, 0.15) is 5.56 Å². The molecule has 1 amide bonds. The van der Waals surface area contributed by atoms with Crippen LogP contribution in [0.3, 0.4) is 0 Å². The summed E-state index contributed by atoms with van der Waals surface area (Å²) in [5, 5.41) is 6.65. The van der Waals surface area contributed by atoms with E-state index in [1.54, 1.807) is 7.11 Å². The molecule has 0 unspecified atom stereocenters. The van der Waals surface area contributed by atoms with Gasteiger partial charge in [-0.3, -0.25) is 4.79 Å². The Balaban J connectivity index is 1.69. The van der Waals surface area contributed by atoms with E-state index in [0.29, 0.717) is 11.6 Å². The third kappa shape index (κ3) is 5.30. The number of ether oxygens (including phenoxy) is 1. The lowest BCUT2D eigenvalue weighted by atomic mass is 10.1. The fraction of sp³-hybridized carbons (Fsp3) is 0.235. The summed E-state index contributed by atoms with van der Waals surface area (Å²) in [4.78, 5) is 11.8. The van der Waals surface area contributed by atoms with Crippen molar-refractivity contribution in [1.29, 1.82) is 0 Å². The number of amides is 1. The molecule has 0 aromatic heterocycles. The number of carbonyl (C=O) groups is 1. The Kier molecular flexibility index (Phi) is 6.10. The van der Waals surface area contributed by atoms with Crippen molar-refractivity contribution in [2.75, 3.05) is 25.5 Å². The Morgan fingerprint density at radius 3 is 2.64 bits per heavy atom. The number of methoxy groups -OCH3 is 1. The average molecular weight is 319 g/mol. The van der Waals surface area contributed by atoms with Gasteiger partial charge in [0.2, 0.25) is 5.91 Å². The lowest BCUT2D eigenvalue weighted by Gasteiger charge is -2.08. The van der Waals surface area contributed by atoms with Gasteiger partial charge in [0.1, 0.15) is 5.75 Å². The van der Waals surface area contributed by atoms with Crippen LogP contribution in [-0.2, 0) is 11.2 Å². The SMILES string of the molecule is COc1ccc(NCC(=O)NCCc2cccc(Cl)c2)cc1. The number of nitrogens with one attached hydrogen (secondary N) is 2. The second kappa shape index (κ2) is 8.29. The maximum atomic E-state index is 11.8. The van der Waals surface area contributed by atoms with Gasteiger partial charge in [-0.25, -0.2) is 0 Å². The number of hydrogen-bond donors (Lipinski definition) is 2. The lowest BCUT2D eigenvalue weighted by Crippen LogP contribution is -2.31. The van der Waals surface area contributed by atoms with Crippen molar-refractivity contribution in [3.8, 4) is 5.75 Å². The zero-order chi connectivity index (χ0) is 15.8. The van der Waals surface area contributed by atoms with Crippen molar-refractivity contribution in [1.82, 2.24) is 5.32 Å². The molecule has 0 atom stereocenters. The summed E-state index contributed by atoms with van der Waals surface area (Å²) in [6, 6.07) is 15.1. The van der Waals surface area contributed by atoms with Gasteiger partial charge in [-0.2, -0.15) is 0 Å². The molecule has 2 aromatic carbocycles. The van der Waals surface area contributed by atoms with E-state index in [0.717, 1.165) is 23.4 Å². The van der Waals surface area contributed by atoms with E-state index in [9.17, 15) is 4.79 Å². The lowest BCUT2D eigenvalue weighted by molar-refractivity contribution is -0.119. The van der Waals surface area contributed by atoms with E-state index in [2.05, 4.69) is 10.6 Å². The van der Waals surface area contributed by atoms with Crippen LogP contribution in [0.15, 0.2) is 48.5 Å². The minimum atomic E-state index is -0.0437. The number of benzene rings is 2. The van der Waals surface area contributed by atoms with Crippen LogP contribution in [-0.4, -0.2) is 26.1 Å². The normalized spacial score (nSPS) is 10.1. The van der Waals surface area contributed by atoms with Crippen molar-refractivity contribution in [2.45, 2.75) is 6.42 Å². The van der Waals surface area contributed by atoms with E-state index in [1.165, 1.54) is 0 Å². The summed E-state index contributed by atoms with van der Waals surface area (Å²) >= 11 is 5.92. The van der Waals surface area contributed by atoms with Crippen molar-refractivity contribution >= 4 is 23.2 Å². The maximum absolute atomic E-state index is 11.8. The molecular weight excluding hydrogens is 300 g/mol. The molecule has 0 saturated carbocycles. The largest absolute Gasteiger partial charge is 0.497 e. The van der Waals surface area contributed by atoms with Crippen LogP contribution in [0.4, 0.5) is 5.69 Å². The molecule has 5 heteroatoms. The zero-order valence-electron chi connectivity index (χ0n) is 12.4. The van der Waals surface area contributed by atoms with Crippen LogP contribution in [0, 0.1) is 0 Å². The molecule has 0 bridgehead atoms. The number of halogens is 1. The highest BCUT2D eigenvalue weighted by atomic mass is 35.5. The second-order valence-electron chi connectivity index (χ2n) is 4.81. The van der Waals surface area contributed by atoms with Crippen LogP contribution in [0.2, 0.25) is 5.02 Å². The van der Waals surface area contributed by atoms with Gasteiger partial charge in [0, 0.05) is 17.3 Å². The molecule has 2 N–H and O–H groups in total. The van der Waals surface area contributed by atoms with Gasteiger partial charge in [0.05, 0.1) is 13.7 Å². The second-order valence-corrected chi connectivity index (χ2v) is 5.25. The van der Waals surface area contributed by atoms with Gasteiger partial charge in [0.15, 0.2) is 0 Å². The molecule has 0 aliphatic heterocycles. The number of rotatable bonds is 7. The Bertz CT molecular complexity index is 614. The van der Waals surface area contributed by atoms with Gasteiger partial charge in [-0.15, -0.1) is 0 Å². The predicted molar refractivity (Wildman–Crippen MR) is 89.6 cm³/mol. The van der Waals surface area contributed by atoms with Crippen LogP contribution in [0.25, 0.3) is 0 Å². The monoisotopic (exact) mass is 318 g/mol. The van der Waals surface area contributed by atoms with Gasteiger partial charge < -0.3 is 15.4 Å². The predicted octanol–water partition coefficient (Wildman–Crippen LogP) is 3.12. The molecule has 0 radical (unpaired) electrons. The van der Waals surface area contributed by atoms with Crippen molar-refractivity contribution in [2.24, 2.45) is 0 Å². The minimum Gasteiger partial charge on any atom is -0.497 e. The standard InChI is InChI=1S/C17H19ClN2O2/c1-22-16-7-5-15(6-8-16)20-12-17(21)19-10-9-13-3-2-4-14(18)11-13/h2-8,11,20H,9-10,12H2,1H3,(H,19,21). The van der Waals surface area contributed by atoms with Crippen molar-refractivity contribution in [3.63, 3.8) is 0 Å². The Morgan fingerprint density at radius 1 is 1.18 bits per heavy atom. The van der Waals surface area contributed by atoms with Gasteiger partial charge in [-0.05, 0) is 48.4 Å². The highest BCUT2D eigenvalue weighted by Gasteiger charge is 2.01. The summed E-state index contributed by atoms with van der Waals surface area (Å²) in [5.41, 5.74) is 1.99. The number of carbonyl (C=O) groups excluding carboxylic acids is 1. The van der Waals surface area contributed by atoms with Gasteiger partial charge >= 0.3 is 0 Å².